The van der Waals surface area contributed by atoms with Gasteiger partial charge in [-0.25, -0.2) is 4.39 Å². The lowest BCUT2D eigenvalue weighted by Gasteiger charge is -2.44. The molecule has 35 heavy (non-hydrogen) atoms. The molecule has 2 heterocycles. The second kappa shape index (κ2) is 10.4. The summed E-state index contributed by atoms with van der Waals surface area (Å²) in [5, 5.41) is 2.88. The van der Waals surface area contributed by atoms with Gasteiger partial charge in [0, 0.05) is 43.6 Å². The third-order valence-electron chi connectivity index (χ3n) is 6.59. The molecule has 2 aliphatic heterocycles. The van der Waals surface area contributed by atoms with Gasteiger partial charge in [0.15, 0.2) is 0 Å². The summed E-state index contributed by atoms with van der Waals surface area (Å²) >= 11 is 0. The Morgan fingerprint density at radius 3 is 2.23 bits per heavy atom. The minimum atomic E-state index is -0.995. The molecule has 0 aromatic heterocycles. The van der Waals surface area contributed by atoms with Crippen LogP contribution in [0.15, 0.2) is 48.5 Å². The van der Waals surface area contributed by atoms with Crippen LogP contribution in [0.4, 0.5) is 4.39 Å². The van der Waals surface area contributed by atoms with Gasteiger partial charge in [0.05, 0.1) is 13.7 Å². The molecule has 0 aliphatic carbocycles. The zero-order chi connectivity index (χ0) is 25.0. The third-order valence-corrected chi connectivity index (χ3v) is 6.59. The van der Waals surface area contributed by atoms with Gasteiger partial charge in [-0.05, 0) is 55.0 Å². The number of nitrogens with zero attached hydrogens (tertiary/aromatic N) is 2. The van der Waals surface area contributed by atoms with Crippen LogP contribution in [0.1, 0.15) is 46.9 Å². The number of amides is 3. The molecule has 0 radical (unpaired) electrons. The summed E-state index contributed by atoms with van der Waals surface area (Å²) in [5.41, 5.74) is -0.170. The number of benzene rings is 2. The predicted molar refractivity (Wildman–Crippen MR) is 126 cm³/mol. The summed E-state index contributed by atoms with van der Waals surface area (Å²) in [5.74, 6) is -0.545. The molecule has 0 bridgehead atoms. The first kappa shape index (κ1) is 24.7. The van der Waals surface area contributed by atoms with Crippen molar-refractivity contribution >= 4 is 17.7 Å². The molecule has 2 aliphatic rings. The maximum atomic E-state index is 13.7. The van der Waals surface area contributed by atoms with Gasteiger partial charge < -0.3 is 19.7 Å². The van der Waals surface area contributed by atoms with E-state index in [2.05, 4.69) is 5.32 Å². The highest BCUT2D eigenvalue weighted by Gasteiger charge is 2.54. The highest BCUT2D eigenvalue weighted by Crippen LogP contribution is 2.39. The van der Waals surface area contributed by atoms with Crippen LogP contribution < -0.4 is 10.1 Å². The topological polar surface area (TPSA) is 88.2 Å². The number of carbonyl (C=O) groups is 3. The van der Waals surface area contributed by atoms with Gasteiger partial charge in [0.1, 0.15) is 23.3 Å². The fourth-order valence-electron chi connectivity index (χ4n) is 4.64. The lowest BCUT2D eigenvalue weighted by Crippen LogP contribution is -2.59. The van der Waals surface area contributed by atoms with Crippen LogP contribution >= 0.6 is 0 Å². The van der Waals surface area contributed by atoms with Crippen LogP contribution in [-0.2, 0) is 9.53 Å². The molecule has 4 rings (SSSR count). The number of ether oxygens (including phenoxy) is 2. The number of hydrogen-bond acceptors (Lipinski definition) is 5. The van der Waals surface area contributed by atoms with Gasteiger partial charge in [0.2, 0.25) is 5.91 Å². The first-order valence-electron chi connectivity index (χ1n) is 11.8. The minimum absolute atomic E-state index is 0.0867. The molecular weight excluding hydrogens is 453 g/mol. The number of piperidine rings is 1. The van der Waals surface area contributed by atoms with Crippen LogP contribution in [0.3, 0.4) is 0 Å². The quantitative estimate of drug-likeness (QED) is 0.683. The van der Waals surface area contributed by atoms with E-state index in [9.17, 15) is 18.8 Å². The predicted octanol–water partition coefficient (Wildman–Crippen LogP) is 2.83. The van der Waals surface area contributed by atoms with Crippen molar-refractivity contribution in [1.29, 1.82) is 0 Å². The molecule has 0 saturated carbocycles. The minimum Gasteiger partial charge on any atom is -0.497 e. The second-order valence-corrected chi connectivity index (χ2v) is 8.77. The van der Waals surface area contributed by atoms with E-state index in [1.54, 1.807) is 41.2 Å². The van der Waals surface area contributed by atoms with E-state index in [4.69, 9.17) is 9.47 Å². The smallest absolute Gasteiger partial charge is 0.256 e. The number of hydrogen-bond donors (Lipinski definition) is 1. The second-order valence-electron chi connectivity index (χ2n) is 8.77. The molecule has 3 amide bonds. The molecule has 1 N–H and O–H groups in total. The summed E-state index contributed by atoms with van der Waals surface area (Å²) < 4.78 is 24.6. The summed E-state index contributed by atoms with van der Waals surface area (Å²) in [6.07, 6.45) is 1.50. The average molecular weight is 484 g/mol. The lowest BCUT2D eigenvalue weighted by molar-refractivity contribution is -0.128. The number of halogens is 1. The van der Waals surface area contributed by atoms with E-state index in [-0.39, 0.29) is 24.3 Å². The number of rotatable bonds is 6. The Bertz CT molecular complexity index is 1070. The highest BCUT2D eigenvalue weighted by molar-refractivity contribution is 5.98. The number of nitrogens with one attached hydrogen (secondary N) is 1. The molecule has 1 atom stereocenters. The molecule has 9 heteroatoms. The summed E-state index contributed by atoms with van der Waals surface area (Å²) in [6, 6.07) is 11.4. The van der Waals surface area contributed by atoms with Gasteiger partial charge in [-0.1, -0.05) is 6.92 Å². The summed E-state index contributed by atoms with van der Waals surface area (Å²) in [4.78, 5) is 42.8. The summed E-state index contributed by atoms with van der Waals surface area (Å²) in [6.45, 7) is 3.23. The van der Waals surface area contributed by atoms with Crippen molar-refractivity contribution in [2.45, 2.75) is 38.0 Å². The van der Waals surface area contributed by atoms with Crippen LogP contribution in [0.25, 0.3) is 0 Å². The van der Waals surface area contributed by atoms with Crippen LogP contribution in [0, 0.1) is 5.82 Å². The Morgan fingerprint density at radius 2 is 1.63 bits per heavy atom. The molecule has 2 aromatic rings. The Kier molecular flexibility index (Phi) is 7.35. The van der Waals surface area contributed by atoms with Crippen LogP contribution in [0.5, 0.6) is 5.75 Å². The Hall–Kier alpha value is -3.46. The van der Waals surface area contributed by atoms with Gasteiger partial charge >= 0.3 is 0 Å². The number of carbonyl (C=O) groups excluding carboxylic acids is 3. The Balaban J connectivity index is 1.56. The van der Waals surface area contributed by atoms with Gasteiger partial charge in [-0.3, -0.25) is 19.3 Å². The molecule has 8 nitrogen and oxygen atoms in total. The SMILES string of the molecule is CCCNC(=O)[C@@H]1COC2(CCN(C(=O)c3ccc(F)cc3)CC2)N1C(=O)c1ccc(OC)cc1. The van der Waals surface area contributed by atoms with E-state index < -0.39 is 17.6 Å². The fraction of sp³-hybridized carbons (Fsp3) is 0.423. The molecular formula is C26H30FN3O5. The highest BCUT2D eigenvalue weighted by atomic mass is 19.1. The maximum Gasteiger partial charge on any atom is 0.256 e. The van der Waals surface area contributed by atoms with Crippen molar-refractivity contribution in [3.05, 3.63) is 65.5 Å². The van der Waals surface area contributed by atoms with Crippen molar-refractivity contribution < 1.29 is 28.2 Å². The Labute approximate surface area is 204 Å². The van der Waals surface area contributed by atoms with E-state index >= 15 is 0 Å². The summed E-state index contributed by atoms with van der Waals surface area (Å²) in [7, 11) is 1.55. The molecule has 0 unspecified atom stereocenters. The van der Waals surface area contributed by atoms with Gasteiger partial charge in [-0.2, -0.15) is 0 Å². The van der Waals surface area contributed by atoms with Gasteiger partial charge in [0.25, 0.3) is 11.8 Å². The largest absolute Gasteiger partial charge is 0.497 e. The Morgan fingerprint density at radius 1 is 1.03 bits per heavy atom. The molecule has 2 fully saturated rings. The molecule has 1 spiro atoms. The average Bonchev–Trinajstić information content (AvgIpc) is 3.25. The third kappa shape index (κ3) is 5.00. The van der Waals surface area contributed by atoms with Crippen LogP contribution in [-0.4, -0.2) is 72.6 Å². The standard InChI is InChI=1S/C26H30FN3O5/c1-3-14-28-23(31)22-17-35-26(30(22)25(33)19-6-10-21(34-2)11-7-19)12-15-29(16-13-26)24(32)18-4-8-20(27)9-5-18/h4-11,22H,3,12-17H2,1-2H3,(H,28,31)/t22-/m0/s1. The molecule has 2 saturated heterocycles. The first-order valence-corrected chi connectivity index (χ1v) is 11.8. The van der Waals surface area contributed by atoms with E-state index in [1.165, 1.54) is 24.3 Å². The van der Waals surface area contributed by atoms with Crippen molar-refractivity contribution in [3.63, 3.8) is 0 Å². The normalized spacial score (nSPS) is 19.0. The van der Waals surface area contributed by atoms with Crippen molar-refractivity contribution in [2.75, 3.05) is 33.4 Å². The molecule has 186 valence electrons. The maximum absolute atomic E-state index is 13.7. The number of methoxy groups -OCH3 is 1. The van der Waals surface area contributed by atoms with E-state index in [0.717, 1.165) is 6.42 Å². The lowest BCUT2D eigenvalue weighted by atomic mass is 9.96. The zero-order valence-electron chi connectivity index (χ0n) is 20.0. The van der Waals surface area contributed by atoms with Crippen molar-refractivity contribution in [1.82, 2.24) is 15.1 Å². The fourth-order valence-corrected chi connectivity index (χ4v) is 4.64. The van der Waals surface area contributed by atoms with E-state index in [0.29, 0.717) is 49.4 Å². The number of likely N-dealkylation sites (tertiary alicyclic amines) is 1. The molecule has 2 aromatic carbocycles. The zero-order valence-corrected chi connectivity index (χ0v) is 20.0. The van der Waals surface area contributed by atoms with E-state index in [1.807, 2.05) is 6.92 Å². The van der Waals surface area contributed by atoms with Crippen LogP contribution in [0.2, 0.25) is 0 Å². The monoisotopic (exact) mass is 483 g/mol. The van der Waals surface area contributed by atoms with Crippen molar-refractivity contribution in [2.24, 2.45) is 0 Å². The van der Waals surface area contributed by atoms with Gasteiger partial charge in [-0.15, -0.1) is 0 Å². The van der Waals surface area contributed by atoms with Crippen molar-refractivity contribution in [3.8, 4) is 5.75 Å². The first-order chi connectivity index (χ1) is 16.9.